The Labute approximate surface area is 101 Å². The molecule has 0 aliphatic heterocycles. The molecular weight excluding hydrogens is 214 g/mol. The summed E-state index contributed by atoms with van der Waals surface area (Å²) >= 11 is 0. The molecule has 0 aliphatic rings. The number of imidazole rings is 1. The first-order chi connectivity index (χ1) is 8.06. The Morgan fingerprint density at radius 2 is 2.06 bits per heavy atom. The molecule has 2 aromatic heterocycles. The number of aryl methyl sites for hydroxylation is 3. The molecule has 0 saturated heterocycles. The molecule has 0 saturated carbocycles. The van der Waals surface area contributed by atoms with Crippen LogP contribution in [0.15, 0.2) is 6.33 Å². The highest BCUT2D eigenvalue weighted by Gasteiger charge is 2.16. The molecule has 0 unspecified atom stereocenters. The quantitative estimate of drug-likeness (QED) is 0.878. The van der Waals surface area contributed by atoms with Crippen LogP contribution in [0, 0.1) is 13.8 Å². The molecule has 92 valence electrons. The van der Waals surface area contributed by atoms with Gasteiger partial charge in [0.25, 0.3) is 0 Å². The minimum absolute atomic E-state index is 0.759. The zero-order chi connectivity index (χ0) is 12.6. The Balaban J connectivity index is 2.56. The lowest BCUT2D eigenvalue weighted by Crippen LogP contribution is -2.05. The van der Waals surface area contributed by atoms with Crippen LogP contribution in [-0.2, 0) is 13.5 Å². The predicted molar refractivity (Wildman–Crippen MR) is 68.2 cm³/mol. The van der Waals surface area contributed by atoms with E-state index in [0.717, 1.165) is 41.4 Å². The molecule has 17 heavy (non-hydrogen) atoms. The van der Waals surface area contributed by atoms with Gasteiger partial charge in [0.05, 0.1) is 17.1 Å². The number of hydrogen-bond donors (Lipinski definition) is 1. The van der Waals surface area contributed by atoms with Crippen LogP contribution in [0.2, 0.25) is 0 Å². The van der Waals surface area contributed by atoms with Gasteiger partial charge in [-0.3, -0.25) is 4.57 Å². The van der Waals surface area contributed by atoms with Gasteiger partial charge in [-0.15, -0.1) is 0 Å². The number of nitrogens with zero attached hydrogens (tertiary/aromatic N) is 4. The van der Waals surface area contributed by atoms with E-state index in [-0.39, 0.29) is 0 Å². The molecule has 0 aliphatic carbocycles. The molecule has 2 rings (SSSR count). The Kier molecular flexibility index (Phi) is 2.92. The largest absolute Gasteiger partial charge is 0.394 e. The lowest BCUT2D eigenvalue weighted by atomic mass is 10.2. The number of rotatable bonds is 3. The molecule has 0 radical (unpaired) electrons. The van der Waals surface area contributed by atoms with Crippen LogP contribution in [-0.4, -0.2) is 19.3 Å². The van der Waals surface area contributed by atoms with E-state index in [0.29, 0.717) is 0 Å². The molecule has 2 heterocycles. The molecule has 0 amide bonds. The number of anilines is 1. The molecule has 2 N–H and O–H groups in total. The third-order valence-corrected chi connectivity index (χ3v) is 3.10. The summed E-state index contributed by atoms with van der Waals surface area (Å²) in [5.41, 5.74) is 10.0. The summed E-state index contributed by atoms with van der Waals surface area (Å²) in [6, 6.07) is 0. The van der Waals surface area contributed by atoms with Gasteiger partial charge in [-0.05, 0) is 20.3 Å². The Morgan fingerprint density at radius 3 is 2.59 bits per heavy atom. The lowest BCUT2D eigenvalue weighted by Gasteiger charge is -2.06. The van der Waals surface area contributed by atoms with Crippen molar-refractivity contribution in [1.29, 1.82) is 0 Å². The Hall–Kier alpha value is -1.78. The third kappa shape index (κ3) is 1.81. The first-order valence-electron chi connectivity index (χ1n) is 5.88. The van der Waals surface area contributed by atoms with E-state index in [9.17, 15) is 0 Å². The molecule has 0 aromatic carbocycles. The molecule has 0 fully saturated rings. The number of nitrogen functional groups attached to an aromatic ring is 1. The first-order valence-corrected chi connectivity index (χ1v) is 5.88. The maximum absolute atomic E-state index is 6.17. The van der Waals surface area contributed by atoms with Gasteiger partial charge in [-0.25, -0.2) is 9.67 Å². The van der Waals surface area contributed by atoms with Crippen molar-refractivity contribution in [2.75, 3.05) is 5.73 Å². The predicted octanol–water partition coefficient (Wildman–Crippen LogP) is 1.76. The summed E-state index contributed by atoms with van der Waals surface area (Å²) in [4.78, 5) is 4.30. The maximum Gasteiger partial charge on any atom is 0.160 e. The fourth-order valence-corrected chi connectivity index (χ4v) is 2.01. The van der Waals surface area contributed by atoms with Crippen molar-refractivity contribution < 1.29 is 0 Å². The van der Waals surface area contributed by atoms with Gasteiger partial charge >= 0.3 is 0 Å². The number of nitrogens with two attached hydrogens (primary N) is 1. The molecule has 2 aromatic rings. The van der Waals surface area contributed by atoms with E-state index in [1.54, 1.807) is 6.33 Å². The number of hydrogen-bond acceptors (Lipinski definition) is 3. The monoisotopic (exact) mass is 233 g/mol. The van der Waals surface area contributed by atoms with E-state index in [1.165, 1.54) is 0 Å². The maximum atomic E-state index is 6.17. The highest BCUT2D eigenvalue weighted by atomic mass is 15.3. The fraction of sp³-hybridized carbons (Fsp3) is 0.500. The summed E-state index contributed by atoms with van der Waals surface area (Å²) in [6.45, 7) is 6.15. The van der Waals surface area contributed by atoms with E-state index < -0.39 is 0 Å². The van der Waals surface area contributed by atoms with Crippen LogP contribution in [0.4, 0.5) is 5.69 Å². The minimum Gasteiger partial charge on any atom is -0.394 e. The Bertz CT molecular complexity index is 535. The van der Waals surface area contributed by atoms with Gasteiger partial charge in [0.2, 0.25) is 0 Å². The van der Waals surface area contributed by atoms with E-state index in [1.807, 2.05) is 30.1 Å². The highest BCUT2D eigenvalue weighted by molar-refractivity contribution is 5.58. The summed E-state index contributed by atoms with van der Waals surface area (Å²) in [6.07, 6.45) is 3.75. The summed E-state index contributed by atoms with van der Waals surface area (Å²) < 4.78 is 3.82. The first kappa shape index (κ1) is 11.7. The van der Waals surface area contributed by atoms with E-state index in [2.05, 4.69) is 17.0 Å². The normalized spacial score (nSPS) is 11.1. The smallest absolute Gasteiger partial charge is 0.160 e. The van der Waals surface area contributed by atoms with Crippen LogP contribution in [0.25, 0.3) is 5.82 Å². The van der Waals surface area contributed by atoms with Gasteiger partial charge in [0.1, 0.15) is 6.33 Å². The second-order valence-corrected chi connectivity index (χ2v) is 4.34. The average molecular weight is 233 g/mol. The lowest BCUT2D eigenvalue weighted by molar-refractivity contribution is 0.704. The minimum atomic E-state index is 0.759. The zero-order valence-corrected chi connectivity index (χ0v) is 10.9. The highest BCUT2D eigenvalue weighted by Crippen LogP contribution is 2.23. The standard InChI is InChI=1S/C12H19N5/c1-5-6-10-11(13)12(16(4)15-10)17-7-14-8(2)9(17)3/h7H,5-6,13H2,1-4H3. The van der Waals surface area contributed by atoms with Crippen molar-refractivity contribution in [2.24, 2.45) is 7.05 Å². The summed E-state index contributed by atoms with van der Waals surface area (Å²) in [7, 11) is 1.92. The van der Waals surface area contributed by atoms with Crippen molar-refractivity contribution in [3.8, 4) is 5.82 Å². The van der Waals surface area contributed by atoms with Crippen LogP contribution in [0.1, 0.15) is 30.4 Å². The van der Waals surface area contributed by atoms with Gasteiger partial charge in [-0.1, -0.05) is 13.3 Å². The van der Waals surface area contributed by atoms with E-state index >= 15 is 0 Å². The summed E-state index contributed by atoms with van der Waals surface area (Å²) in [5, 5.41) is 4.47. The van der Waals surface area contributed by atoms with Crippen LogP contribution in [0.5, 0.6) is 0 Å². The second-order valence-electron chi connectivity index (χ2n) is 4.34. The van der Waals surface area contributed by atoms with Crippen molar-refractivity contribution in [3.05, 3.63) is 23.4 Å². The molecule has 0 bridgehead atoms. The molecule has 5 heteroatoms. The van der Waals surface area contributed by atoms with Gasteiger partial charge in [-0.2, -0.15) is 5.10 Å². The van der Waals surface area contributed by atoms with Gasteiger partial charge in [0, 0.05) is 12.7 Å². The molecule has 0 atom stereocenters. The van der Waals surface area contributed by atoms with Gasteiger partial charge in [0.15, 0.2) is 5.82 Å². The molecule has 5 nitrogen and oxygen atoms in total. The number of aromatic nitrogens is 4. The van der Waals surface area contributed by atoms with Crippen molar-refractivity contribution in [2.45, 2.75) is 33.6 Å². The Morgan fingerprint density at radius 1 is 1.35 bits per heavy atom. The van der Waals surface area contributed by atoms with Crippen LogP contribution < -0.4 is 5.73 Å². The molecular formula is C12H19N5. The topological polar surface area (TPSA) is 61.7 Å². The average Bonchev–Trinajstić information content (AvgIpc) is 2.73. The second kappa shape index (κ2) is 4.24. The zero-order valence-electron chi connectivity index (χ0n) is 10.9. The summed E-state index contributed by atoms with van der Waals surface area (Å²) in [5.74, 6) is 0.909. The van der Waals surface area contributed by atoms with Crippen molar-refractivity contribution in [3.63, 3.8) is 0 Å². The van der Waals surface area contributed by atoms with Crippen LogP contribution >= 0.6 is 0 Å². The van der Waals surface area contributed by atoms with Crippen molar-refractivity contribution in [1.82, 2.24) is 19.3 Å². The van der Waals surface area contributed by atoms with Crippen LogP contribution in [0.3, 0.4) is 0 Å². The SMILES string of the molecule is CCCc1nn(C)c(-n2cnc(C)c2C)c1N. The fourth-order valence-electron chi connectivity index (χ4n) is 2.01. The van der Waals surface area contributed by atoms with Gasteiger partial charge < -0.3 is 5.73 Å². The third-order valence-electron chi connectivity index (χ3n) is 3.10. The molecule has 0 spiro atoms. The van der Waals surface area contributed by atoms with Crippen molar-refractivity contribution >= 4 is 5.69 Å². The van der Waals surface area contributed by atoms with E-state index in [4.69, 9.17) is 5.73 Å².